The topological polar surface area (TPSA) is 35.2 Å². The van der Waals surface area contributed by atoms with Crippen LogP contribution in [0.3, 0.4) is 0 Å². The van der Waals surface area contributed by atoms with Crippen molar-refractivity contribution >= 4 is 0 Å². The molecule has 1 aliphatic carbocycles. The van der Waals surface area contributed by atoms with Crippen molar-refractivity contribution in [1.29, 1.82) is 0 Å². The summed E-state index contributed by atoms with van der Waals surface area (Å²) in [4.78, 5) is 0. The van der Waals surface area contributed by atoms with E-state index in [1.54, 1.807) is 0 Å². The maximum Gasteiger partial charge on any atom is 0.0525 e. The van der Waals surface area contributed by atoms with E-state index in [4.69, 9.17) is 10.5 Å². The van der Waals surface area contributed by atoms with Crippen LogP contribution in [-0.2, 0) is 4.74 Å². The molecule has 1 atom stereocenters. The molecular weight excluding hydrogens is 126 g/mol. The lowest BCUT2D eigenvalue weighted by Gasteiger charge is -2.30. The summed E-state index contributed by atoms with van der Waals surface area (Å²) in [6.07, 6.45) is 3.90. The molecule has 0 amide bonds. The second kappa shape index (κ2) is 2.21. The lowest BCUT2D eigenvalue weighted by molar-refractivity contribution is 0.00627. The molecular formula is C8H15NO. The van der Waals surface area contributed by atoms with Crippen LogP contribution in [0, 0.1) is 11.3 Å². The highest BCUT2D eigenvalue weighted by Crippen LogP contribution is 2.54. The van der Waals surface area contributed by atoms with E-state index in [2.05, 4.69) is 0 Å². The summed E-state index contributed by atoms with van der Waals surface area (Å²) in [5, 5.41) is 0. The largest absolute Gasteiger partial charge is 0.381 e. The number of hydrogen-bond acceptors (Lipinski definition) is 2. The van der Waals surface area contributed by atoms with Gasteiger partial charge in [0.25, 0.3) is 0 Å². The lowest BCUT2D eigenvalue weighted by atomic mass is 9.85. The Morgan fingerprint density at radius 3 is 2.80 bits per heavy atom. The Morgan fingerprint density at radius 2 is 2.30 bits per heavy atom. The van der Waals surface area contributed by atoms with Crippen LogP contribution >= 0.6 is 0 Å². The minimum absolute atomic E-state index is 0.549. The van der Waals surface area contributed by atoms with E-state index in [1.807, 2.05) is 0 Å². The Morgan fingerprint density at radius 1 is 1.50 bits per heavy atom. The Kier molecular flexibility index (Phi) is 1.46. The Labute approximate surface area is 61.7 Å². The van der Waals surface area contributed by atoms with Gasteiger partial charge in [-0.2, -0.15) is 0 Å². The standard InChI is InChI=1S/C8H15NO/c9-5-7-1-4-10-6-8(7)2-3-8/h7H,1-6,9H2/t7-/m0/s1. The van der Waals surface area contributed by atoms with Gasteiger partial charge in [-0.05, 0) is 37.1 Å². The zero-order valence-electron chi connectivity index (χ0n) is 6.31. The first-order valence-electron chi connectivity index (χ1n) is 4.15. The maximum atomic E-state index is 5.66. The first-order chi connectivity index (χ1) is 4.87. The van der Waals surface area contributed by atoms with Gasteiger partial charge in [0.1, 0.15) is 0 Å². The van der Waals surface area contributed by atoms with Crippen molar-refractivity contribution in [2.24, 2.45) is 17.1 Å². The van der Waals surface area contributed by atoms with E-state index in [0.717, 1.165) is 25.7 Å². The van der Waals surface area contributed by atoms with Crippen molar-refractivity contribution in [1.82, 2.24) is 0 Å². The van der Waals surface area contributed by atoms with Crippen LogP contribution in [0.1, 0.15) is 19.3 Å². The maximum absolute atomic E-state index is 5.66. The summed E-state index contributed by atoms with van der Waals surface area (Å²) in [5.41, 5.74) is 6.21. The number of ether oxygens (including phenoxy) is 1. The molecule has 2 fully saturated rings. The fourth-order valence-electron chi connectivity index (χ4n) is 2.01. The normalized spacial score (nSPS) is 36.3. The van der Waals surface area contributed by atoms with Gasteiger partial charge >= 0.3 is 0 Å². The fraction of sp³-hybridized carbons (Fsp3) is 1.00. The van der Waals surface area contributed by atoms with E-state index in [1.165, 1.54) is 19.3 Å². The predicted octanol–water partition coefficient (Wildman–Crippen LogP) is 0.762. The summed E-state index contributed by atoms with van der Waals surface area (Å²) >= 11 is 0. The molecule has 1 aliphatic heterocycles. The molecule has 2 nitrogen and oxygen atoms in total. The third-order valence-electron chi connectivity index (χ3n) is 3.04. The van der Waals surface area contributed by atoms with Gasteiger partial charge in [-0.1, -0.05) is 0 Å². The average Bonchev–Trinajstić information content (AvgIpc) is 2.71. The van der Waals surface area contributed by atoms with Gasteiger partial charge in [-0.3, -0.25) is 0 Å². The van der Waals surface area contributed by atoms with Crippen LogP contribution in [0.2, 0.25) is 0 Å². The number of hydrogen-bond donors (Lipinski definition) is 1. The molecule has 1 saturated carbocycles. The third-order valence-corrected chi connectivity index (χ3v) is 3.04. The molecule has 0 bridgehead atoms. The minimum Gasteiger partial charge on any atom is -0.381 e. The van der Waals surface area contributed by atoms with E-state index in [0.29, 0.717) is 5.41 Å². The van der Waals surface area contributed by atoms with Crippen molar-refractivity contribution in [3.05, 3.63) is 0 Å². The molecule has 0 aromatic rings. The second-order valence-electron chi connectivity index (χ2n) is 3.64. The Balaban J connectivity index is 2.01. The second-order valence-corrected chi connectivity index (χ2v) is 3.64. The van der Waals surface area contributed by atoms with Crippen LogP contribution in [-0.4, -0.2) is 19.8 Å². The van der Waals surface area contributed by atoms with Crippen molar-refractivity contribution < 1.29 is 4.74 Å². The molecule has 10 heavy (non-hydrogen) atoms. The summed E-state index contributed by atoms with van der Waals surface area (Å²) in [6.45, 7) is 2.78. The molecule has 2 N–H and O–H groups in total. The molecule has 1 heterocycles. The van der Waals surface area contributed by atoms with Crippen molar-refractivity contribution in [3.63, 3.8) is 0 Å². The molecule has 1 saturated heterocycles. The molecule has 0 unspecified atom stereocenters. The molecule has 2 aliphatic rings. The van der Waals surface area contributed by atoms with Crippen LogP contribution in [0.25, 0.3) is 0 Å². The van der Waals surface area contributed by atoms with Gasteiger partial charge in [-0.15, -0.1) is 0 Å². The molecule has 2 heteroatoms. The molecule has 0 radical (unpaired) electrons. The average molecular weight is 141 g/mol. The Hall–Kier alpha value is -0.0800. The van der Waals surface area contributed by atoms with Gasteiger partial charge < -0.3 is 10.5 Å². The van der Waals surface area contributed by atoms with Crippen molar-refractivity contribution in [3.8, 4) is 0 Å². The van der Waals surface area contributed by atoms with Crippen LogP contribution in [0.4, 0.5) is 0 Å². The van der Waals surface area contributed by atoms with Gasteiger partial charge in [0.05, 0.1) is 6.61 Å². The zero-order chi connectivity index (χ0) is 7.03. The zero-order valence-corrected chi connectivity index (χ0v) is 6.31. The monoisotopic (exact) mass is 141 g/mol. The highest BCUT2D eigenvalue weighted by Gasteiger charge is 2.50. The fourth-order valence-corrected chi connectivity index (χ4v) is 2.01. The summed E-state index contributed by atoms with van der Waals surface area (Å²) in [6, 6.07) is 0. The molecule has 0 aromatic carbocycles. The quantitative estimate of drug-likeness (QED) is 0.585. The number of nitrogens with two attached hydrogens (primary N) is 1. The van der Waals surface area contributed by atoms with Gasteiger partial charge in [0, 0.05) is 6.61 Å². The van der Waals surface area contributed by atoms with E-state index in [-0.39, 0.29) is 0 Å². The molecule has 0 aromatic heterocycles. The van der Waals surface area contributed by atoms with E-state index in [9.17, 15) is 0 Å². The Bertz CT molecular complexity index is 131. The van der Waals surface area contributed by atoms with Gasteiger partial charge in [0.15, 0.2) is 0 Å². The lowest BCUT2D eigenvalue weighted by Crippen LogP contribution is -2.34. The summed E-state index contributed by atoms with van der Waals surface area (Å²) < 4.78 is 5.42. The highest BCUT2D eigenvalue weighted by atomic mass is 16.5. The van der Waals surface area contributed by atoms with E-state index >= 15 is 0 Å². The van der Waals surface area contributed by atoms with Crippen molar-refractivity contribution in [2.75, 3.05) is 19.8 Å². The van der Waals surface area contributed by atoms with Crippen LogP contribution in [0.15, 0.2) is 0 Å². The van der Waals surface area contributed by atoms with Gasteiger partial charge in [0.2, 0.25) is 0 Å². The van der Waals surface area contributed by atoms with Crippen molar-refractivity contribution in [2.45, 2.75) is 19.3 Å². The first kappa shape index (κ1) is 6.62. The third kappa shape index (κ3) is 0.867. The van der Waals surface area contributed by atoms with Crippen LogP contribution in [0.5, 0.6) is 0 Å². The predicted molar refractivity (Wildman–Crippen MR) is 39.6 cm³/mol. The minimum atomic E-state index is 0.549. The van der Waals surface area contributed by atoms with Crippen LogP contribution < -0.4 is 5.73 Å². The van der Waals surface area contributed by atoms with E-state index < -0.39 is 0 Å². The molecule has 2 rings (SSSR count). The summed E-state index contributed by atoms with van der Waals surface area (Å²) in [5.74, 6) is 0.765. The highest BCUT2D eigenvalue weighted by molar-refractivity contribution is 5.00. The number of rotatable bonds is 1. The SMILES string of the molecule is NC[C@@H]1CCOCC12CC2. The molecule has 58 valence electrons. The summed E-state index contributed by atoms with van der Waals surface area (Å²) in [7, 11) is 0. The first-order valence-corrected chi connectivity index (χ1v) is 4.15. The van der Waals surface area contributed by atoms with Gasteiger partial charge in [-0.25, -0.2) is 0 Å². The molecule has 1 spiro atoms. The smallest absolute Gasteiger partial charge is 0.0525 e.